The molecule has 0 aromatic carbocycles. The minimum absolute atomic E-state index is 0. The molecule has 0 atom stereocenters. The molecule has 8 heavy (non-hydrogen) atoms. The molecule has 0 saturated carbocycles. The van der Waals surface area contributed by atoms with Gasteiger partial charge in [0.25, 0.3) is 0 Å². The van der Waals surface area contributed by atoms with Gasteiger partial charge in [0.2, 0.25) is 0 Å². The van der Waals surface area contributed by atoms with E-state index in [0.717, 1.165) is 0 Å². The molecule has 0 N–H and O–H groups in total. The van der Waals surface area contributed by atoms with Gasteiger partial charge >= 0.3 is 0 Å². The largest absolute Gasteiger partial charge is 0.265 e. The van der Waals surface area contributed by atoms with E-state index >= 15 is 0 Å². The first-order valence-corrected chi connectivity index (χ1v) is 1.85. The summed E-state index contributed by atoms with van der Waals surface area (Å²) in [5.74, 6) is 0. The van der Waals surface area contributed by atoms with E-state index in [2.05, 4.69) is 4.98 Å². The summed E-state index contributed by atoms with van der Waals surface area (Å²) >= 11 is 0. The van der Waals surface area contributed by atoms with Crippen LogP contribution in [0, 0.1) is 0 Å². The second kappa shape index (κ2) is 6.96. The summed E-state index contributed by atoms with van der Waals surface area (Å²) in [6.07, 6.45) is 3.50. The number of hydrogen-bond acceptors (Lipinski definition) is 1. The fourth-order valence-corrected chi connectivity index (χ4v) is 0.313. The summed E-state index contributed by atoms with van der Waals surface area (Å²) in [5, 5.41) is 0. The zero-order chi connectivity index (χ0) is 4.24. The first kappa shape index (κ1) is 10.9. The van der Waals surface area contributed by atoms with Crippen molar-refractivity contribution in [3.8, 4) is 0 Å². The molecular weight excluding hydrogens is 165 g/mol. The summed E-state index contributed by atoms with van der Waals surface area (Å²) in [7, 11) is 0. The van der Waals surface area contributed by atoms with Crippen molar-refractivity contribution in [1.29, 1.82) is 0 Å². The van der Waals surface area contributed by atoms with Crippen molar-refractivity contribution >= 4 is 12.4 Å². The molecule has 1 nitrogen and oxygen atoms in total. The minimum Gasteiger partial charge on any atom is -0.265 e. The molecule has 1 heterocycles. The average Bonchev–Trinajstić information content (AvgIpc) is 1.72. The zero-order valence-electron chi connectivity index (χ0n) is 4.10. The number of pyridine rings is 1. The van der Waals surface area contributed by atoms with Crippen molar-refractivity contribution in [2.24, 2.45) is 0 Å². The fraction of sp³-hybridized carbons (Fsp3) is 0. The number of rotatable bonds is 0. The van der Waals surface area contributed by atoms with Crippen LogP contribution in [0.1, 0.15) is 0 Å². The monoisotopic (exact) mass is 171 g/mol. The van der Waals surface area contributed by atoms with Gasteiger partial charge in [-0.05, 0) is 12.1 Å². The molecule has 0 fully saturated rings. The number of aromatic nitrogens is 1. The summed E-state index contributed by atoms with van der Waals surface area (Å²) in [6, 6.07) is 5.72. The second-order valence-corrected chi connectivity index (χ2v) is 1.02. The van der Waals surface area contributed by atoms with Crippen molar-refractivity contribution in [1.82, 2.24) is 4.98 Å². The Balaban J connectivity index is 0. The Hall–Kier alpha value is -0.0405. The standard InChI is InChI=1S/C5H5N.ClH.Fe/c1-2-4-6-5-3-1;;/h1-5H;1H;. The summed E-state index contributed by atoms with van der Waals surface area (Å²) in [4.78, 5) is 3.78. The van der Waals surface area contributed by atoms with E-state index in [-0.39, 0.29) is 29.5 Å². The predicted molar refractivity (Wildman–Crippen MR) is 31.5 cm³/mol. The first-order chi connectivity index (χ1) is 3.00. The van der Waals surface area contributed by atoms with Gasteiger partial charge in [0.1, 0.15) is 0 Å². The number of hydrogen-bond donors (Lipinski definition) is 0. The summed E-state index contributed by atoms with van der Waals surface area (Å²) in [5.41, 5.74) is 0. The molecular formula is C5H6ClFeN. The Labute approximate surface area is 65.4 Å². The van der Waals surface area contributed by atoms with E-state index in [1.807, 2.05) is 18.2 Å². The summed E-state index contributed by atoms with van der Waals surface area (Å²) in [6.45, 7) is 0. The van der Waals surface area contributed by atoms with E-state index in [4.69, 9.17) is 0 Å². The zero-order valence-corrected chi connectivity index (χ0v) is 6.02. The van der Waals surface area contributed by atoms with E-state index in [1.165, 1.54) is 0 Å². The maximum atomic E-state index is 3.78. The topological polar surface area (TPSA) is 12.9 Å². The minimum atomic E-state index is 0. The van der Waals surface area contributed by atoms with Crippen molar-refractivity contribution in [3.63, 3.8) is 0 Å². The molecule has 0 saturated heterocycles. The van der Waals surface area contributed by atoms with Crippen molar-refractivity contribution in [2.45, 2.75) is 0 Å². The van der Waals surface area contributed by atoms with Crippen LogP contribution < -0.4 is 0 Å². The predicted octanol–water partition coefficient (Wildman–Crippen LogP) is 1.50. The molecule has 0 amide bonds. The van der Waals surface area contributed by atoms with E-state index in [1.54, 1.807) is 12.4 Å². The molecule has 1 aromatic rings. The quantitative estimate of drug-likeness (QED) is 0.539. The van der Waals surface area contributed by atoms with Crippen LogP contribution in [0.2, 0.25) is 0 Å². The van der Waals surface area contributed by atoms with Crippen molar-refractivity contribution in [2.75, 3.05) is 0 Å². The van der Waals surface area contributed by atoms with Gasteiger partial charge in [-0.3, -0.25) is 4.98 Å². The third kappa shape index (κ3) is 4.13. The number of halogens is 1. The number of nitrogens with zero attached hydrogens (tertiary/aromatic N) is 1. The molecule has 0 aliphatic carbocycles. The van der Waals surface area contributed by atoms with Crippen LogP contribution in [-0.2, 0) is 17.1 Å². The van der Waals surface area contributed by atoms with Crippen molar-refractivity contribution < 1.29 is 17.1 Å². The van der Waals surface area contributed by atoms with Crippen LogP contribution >= 0.6 is 12.4 Å². The molecule has 0 spiro atoms. The van der Waals surface area contributed by atoms with Crippen molar-refractivity contribution in [3.05, 3.63) is 30.6 Å². The molecule has 0 unspecified atom stereocenters. The normalized spacial score (nSPS) is 6.00. The van der Waals surface area contributed by atoms with Gasteiger partial charge in [0.15, 0.2) is 0 Å². The van der Waals surface area contributed by atoms with Gasteiger partial charge in [0.05, 0.1) is 0 Å². The maximum Gasteiger partial charge on any atom is 0.0267 e. The van der Waals surface area contributed by atoms with Gasteiger partial charge in [-0.2, -0.15) is 0 Å². The van der Waals surface area contributed by atoms with Gasteiger partial charge in [0, 0.05) is 29.5 Å². The maximum absolute atomic E-state index is 3.78. The molecule has 0 bridgehead atoms. The van der Waals surface area contributed by atoms with E-state index in [0.29, 0.717) is 0 Å². The molecule has 0 aliphatic heterocycles. The molecule has 0 radical (unpaired) electrons. The van der Waals surface area contributed by atoms with Gasteiger partial charge in [-0.15, -0.1) is 12.4 Å². The Morgan fingerprint density at radius 3 is 1.50 bits per heavy atom. The average molecular weight is 171 g/mol. The third-order valence-corrected chi connectivity index (χ3v) is 0.566. The Morgan fingerprint density at radius 1 is 0.875 bits per heavy atom. The van der Waals surface area contributed by atoms with Crippen LogP contribution in [0.4, 0.5) is 0 Å². The molecule has 1 aromatic heterocycles. The summed E-state index contributed by atoms with van der Waals surface area (Å²) < 4.78 is 0. The van der Waals surface area contributed by atoms with Gasteiger partial charge < -0.3 is 0 Å². The van der Waals surface area contributed by atoms with Crippen LogP contribution in [0.3, 0.4) is 0 Å². The Morgan fingerprint density at radius 2 is 1.38 bits per heavy atom. The SMILES string of the molecule is Cl.[Fe].c1ccncc1. The van der Waals surface area contributed by atoms with Crippen LogP contribution in [0.5, 0.6) is 0 Å². The second-order valence-electron chi connectivity index (χ2n) is 1.02. The fourth-order valence-electron chi connectivity index (χ4n) is 0.313. The van der Waals surface area contributed by atoms with Crippen LogP contribution in [0.15, 0.2) is 30.6 Å². The van der Waals surface area contributed by atoms with Gasteiger partial charge in [-0.1, -0.05) is 6.07 Å². The van der Waals surface area contributed by atoms with E-state index in [9.17, 15) is 0 Å². The molecule has 3 heteroatoms. The smallest absolute Gasteiger partial charge is 0.0267 e. The third-order valence-electron chi connectivity index (χ3n) is 0.566. The molecule has 46 valence electrons. The van der Waals surface area contributed by atoms with Gasteiger partial charge in [-0.25, -0.2) is 0 Å². The molecule has 1 rings (SSSR count). The van der Waals surface area contributed by atoms with Crippen LogP contribution in [0.25, 0.3) is 0 Å². The first-order valence-electron chi connectivity index (χ1n) is 1.85. The van der Waals surface area contributed by atoms with E-state index < -0.39 is 0 Å². The van der Waals surface area contributed by atoms with Crippen LogP contribution in [-0.4, -0.2) is 4.98 Å². The Kier molecular flexibility index (Phi) is 9.44. The Bertz CT molecular complexity index is 84.4. The molecule has 0 aliphatic rings.